The molecule has 1 atom stereocenters. The number of halogens is 1. The molecule has 0 saturated carbocycles. The Kier molecular flexibility index (Phi) is 5.70. The summed E-state index contributed by atoms with van der Waals surface area (Å²) in [7, 11) is 0. The molecule has 1 unspecified atom stereocenters. The lowest BCUT2D eigenvalue weighted by atomic mass is 10.0. The fourth-order valence-corrected chi connectivity index (χ4v) is 2.56. The molecule has 0 fully saturated rings. The van der Waals surface area contributed by atoms with Gasteiger partial charge in [0.25, 0.3) is 0 Å². The van der Waals surface area contributed by atoms with Gasteiger partial charge in [-0.3, -0.25) is 4.98 Å². The van der Waals surface area contributed by atoms with Crippen LogP contribution in [0.4, 0.5) is 0 Å². The van der Waals surface area contributed by atoms with E-state index >= 15 is 0 Å². The third kappa shape index (κ3) is 4.02. The molecule has 5 nitrogen and oxygen atoms in total. The summed E-state index contributed by atoms with van der Waals surface area (Å²) in [6.45, 7) is 7.28. The van der Waals surface area contributed by atoms with Gasteiger partial charge in [0, 0.05) is 30.9 Å². The number of aromatic nitrogens is 4. The zero-order valence-corrected chi connectivity index (χ0v) is 13.5. The van der Waals surface area contributed by atoms with Crippen molar-refractivity contribution in [3.63, 3.8) is 0 Å². The first-order valence-corrected chi connectivity index (χ1v) is 7.72. The van der Waals surface area contributed by atoms with E-state index in [0.29, 0.717) is 11.1 Å². The van der Waals surface area contributed by atoms with E-state index in [2.05, 4.69) is 41.2 Å². The van der Waals surface area contributed by atoms with Crippen molar-refractivity contribution >= 4 is 11.6 Å². The third-order valence-corrected chi connectivity index (χ3v) is 3.66. The van der Waals surface area contributed by atoms with Gasteiger partial charge in [0.05, 0.1) is 5.02 Å². The zero-order chi connectivity index (χ0) is 15.2. The van der Waals surface area contributed by atoms with E-state index in [1.165, 1.54) is 0 Å². The second kappa shape index (κ2) is 7.52. The van der Waals surface area contributed by atoms with Crippen molar-refractivity contribution in [1.82, 2.24) is 25.1 Å². The normalized spacial score (nSPS) is 12.8. The highest BCUT2D eigenvalue weighted by atomic mass is 35.5. The van der Waals surface area contributed by atoms with Gasteiger partial charge in [0.2, 0.25) is 0 Å². The Morgan fingerprint density at radius 3 is 2.86 bits per heavy atom. The minimum atomic E-state index is 0.113. The molecule has 0 aliphatic rings. The number of pyridine rings is 1. The molecule has 2 aromatic rings. The van der Waals surface area contributed by atoms with Crippen LogP contribution in [-0.4, -0.2) is 26.3 Å². The standard InChI is InChI=1S/C15H22ClN5/c1-4-6-18-14(12-5-7-17-9-13(12)16)8-15-19-10-20-21(15)11(2)3/h5,7,9-11,14,18H,4,6,8H2,1-3H3. The minimum Gasteiger partial charge on any atom is -0.310 e. The molecule has 0 aliphatic carbocycles. The van der Waals surface area contributed by atoms with Gasteiger partial charge in [-0.15, -0.1) is 0 Å². The van der Waals surface area contributed by atoms with Gasteiger partial charge in [0.1, 0.15) is 12.2 Å². The van der Waals surface area contributed by atoms with E-state index < -0.39 is 0 Å². The maximum absolute atomic E-state index is 6.30. The highest BCUT2D eigenvalue weighted by Crippen LogP contribution is 2.25. The van der Waals surface area contributed by atoms with Crippen LogP contribution in [0.25, 0.3) is 0 Å². The molecule has 0 aliphatic heterocycles. The molecule has 0 bridgehead atoms. The first-order valence-electron chi connectivity index (χ1n) is 7.34. The summed E-state index contributed by atoms with van der Waals surface area (Å²) >= 11 is 6.30. The monoisotopic (exact) mass is 307 g/mol. The minimum absolute atomic E-state index is 0.113. The van der Waals surface area contributed by atoms with E-state index in [0.717, 1.165) is 30.8 Å². The number of nitrogens with one attached hydrogen (secondary N) is 1. The SMILES string of the molecule is CCCNC(Cc1ncnn1C(C)C)c1ccncc1Cl. The zero-order valence-electron chi connectivity index (χ0n) is 12.8. The second-order valence-corrected chi connectivity index (χ2v) is 5.73. The van der Waals surface area contributed by atoms with E-state index in [9.17, 15) is 0 Å². The fraction of sp³-hybridized carbons (Fsp3) is 0.533. The van der Waals surface area contributed by atoms with E-state index in [4.69, 9.17) is 11.6 Å². The largest absolute Gasteiger partial charge is 0.310 e. The van der Waals surface area contributed by atoms with Crippen LogP contribution in [-0.2, 0) is 6.42 Å². The summed E-state index contributed by atoms with van der Waals surface area (Å²) < 4.78 is 1.95. The molecule has 0 amide bonds. The van der Waals surface area contributed by atoms with Crippen molar-refractivity contribution in [1.29, 1.82) is 0 Å². The van der Waals surface area contributed by atoms with Gasteiger partial charge in [-0.2, -0.15) is 5.10 Å². The van der Waals surface area contributed by atoms with Gasteiger partial charge in [-0.25, -0.2) is 9.67 Å². The average molecular weight is 308 g/mol. The summed E-state index contributed by atoms with van der Waals surface area (Å²) in [5.41, 5.74) is 1.05. The summed E-state index contributed by atoms with van der Waals surface area (Å²) in [6, 6.07) is 2.37. The van der Waals surface area contributed by atoms with Crippen LogP contribution < -0.4 is 5.32 Å². The Morgan fingerprint density at radius 2 is 2.19 bits per heavy atom. The maximum atomic E-state index is 6.30. The van der Waals surface area contributed by atoms with Crippen molar-refractivity contribution in [2.24, 2.45) is 0 Å². The highest BCUT2D eigenvalue weighted by molar-refractivity contribution is 6.31. The van der Waals surface area contributed by atoms with Crippen LogP contribution in [0.5, 0.6) is 0 Å². The molecular weight excluding hydrogens is 286 g/mol. The Morgan fingerprint density at radius 1 is 1.38 bits per heavy atom. The number of rotatable bonds is 7. The summed E-state index contributed by atoms with van der Waals surface area (Å²) in [4.78, 5) is 8.45. The molecule has 0 radical (unpaired) electrons. The van der Waals surface area contributed by atoms with Gasteiger partial charge in [0.15, 0.2) is 0 Å². The topological polar surface area (TPSA) is 55.6 Å². The van der Waals surface area contributed by atoms with Crippen molar-refractivity contribution < 1.29 is 0 Å². The quantitative estimate of drug-likeness (QED) is 0.853. The molecule has 2 rings (SSSR count). The first kappa shape index (κ1) is 15.9. The fourth-order valence-electron chi connectivity index (χ4n) is 2.31. The van der Waals surface area contributed by atoms with Gasteiger partial charge >= 0.3 is 0 Å². The van der Waals surface area contributed by atoms with Crippen molar-refractivity contribution in [2.45, 2.75) is 45.7 Å². The molecule has 1 N–H and O–H groups in total. The number of hydrogen-bond acceptors (Lipinski definition) is 4. The van der Waals surface area contributed by atoms with E-state index in [-0.39, 0.29) is 6.04 Å². The van der Waals surface area contributed by atoms with Gasteiger partial charge in [-0.1, -0.05) is 18.5 Å². The van der Waals surface area contributed by atoms with Crippen LogP contribution in [0.15, 0.2) is 24.8 Å². The predicted octanol–water partition coefficient (Wildman–Crippen LogP) is 3.19. The van der Waals surface area contributed by atoms with Gasteiger partial charge < -0.3 is 5.32 Å². The summed E-state index contributed by atoms with van der Waals surface area (Å²) in [5.74, 6) is 0.964. The van der Waals surface area contributed by atoms with Crippen LogP contribution in [0.3, 0.4) is 0 Å². The lowest BCUT2D eigenvalue weighted by Gasteiger charge is -2.20. The molecule has 2 aromatic heterocycles. The number of hydrogen-bond donors (Lipinski definition) is 1. The maximum Gasteiger partial charge on any atom is 0.138 e. The Balaban J connectivity index is 2.24. The van der Waals surface area contributed by atoms with Crippen molar-refractivity contribution in [3.05, 3.63) is 41.2 Å². The van der Waals surface area contributed by atoms with Crippen LogP contribution in [0, 0.1) is 0 Å². The van der Waals surface area contributed by atoms with Crippen LogP contribution in [0.2, 0.25) is 5.02 Å². The lowest BCUT2D eigenvalue weighted by Crippen LogP contribution is -2.26. The summed E-state index contributed by atoms with van der Waals surface area (Å²) in [5, 5.41) is 8.52. The Hall–Kier alpha value is -1.46. The molecule has 0 saturated heterocycles. The first-order chi connectivity index (χ1) is 10.1. The molecular formula is C15H22ClN5. The van der Waals surface area contributed by atoms with E-state index in [1.807, 2.05) is 10.7 Å². The lowest BCUT2D eigenvalue weighted by molar-refractivity contribution is 0.463. The van der Waals surface area contributed by atoms with Crippen LogP contribution in [0.1, 0.15) is 50.7 Å². The predicted molar refractivity (Wildman–Crippen MR) is 84.4 cm³/mol. The highest BCUT2D eigenvalue weighted by Gasteiger charge is 2.18. The number of nitrogens with zero attached hydrogens (tertiary/aromatic N) is 4. The van der Waals surface area contributed by atoms with Crippen molar-refractivity contribution in [3.8, 4) is 0 Å². The molecule has 114 valence electrons. The molecule has 2 heterocycles. The molecule has 6 heteroatoms. The van der Waals surface area contributed by atoms with Gasteiger partial charge in [-0.05, 0) is 38.4 Å². The molecule has 0 aromatic carbocycles. The molecule has 0 spiro atoms. The Bertz CT molecular complexity index is 567. The third-order valence-electron chi connectivity index (χ3n) is 3.34. The Labute approximate surface area is 130 Å². The van der Waals surface area contributed by atoms with Crippen molar-refractivity contribution in [2.75, 3.05) is 6.54 Å². The molecule has 21 heavy (non-hydrogen) atoms. The van der Waals surface area contributed by atoms with Crippen LogP contribution >= 0.6 is 11.6 Å². The smallest absolute Gasteiger partial charge is 0.138 e. The van der Waals surface area contributed by atoms with E-state index in [1.54, 1.807) is 18.7 Å². The second-order valence-electron chi connectivity index (χ2n) is 5.32. The summed E-state index contributed by atoms with van der Waals surface area (Å²) in [6.07, 6.45) is 6.89. The average Bonchev–Trinajstić information content (AvgIpc) is 2.92.